The Morgan fingerprint density at radius 2 is 1.83 bits per heavy atom. The number of fused-ring (bicyclic) bond motifs is 2. The van der Waals surface area contributed by atoms with Crippen molar-refractivity contribution >= 4 is 26.8 Å². The molecule has 4 heteroatoms. The van der Waals surface area contributed by atoms with Crippen molar-refractivity contribution in [3.8, 4) is 11.1 Å². The van der Waals surface area contributed by atoms with Gasteiger partial charge in [0.15, 0.2) is 0 Å². The number of ether oxygens (including phenoxy) is 2. The number of benzene rings is 3. The van der Waals surface area contributed by atoms with Gasteiger partial charge in [-0.2, -0.15) is 0 Å². The SMILES string of the molecule is Cc1cc(COC2OCc3cc4ccccc4nc32)cc(-c2ccc(Br)cc2)c1. The number of hydrogen-bond donors (Lipinski definition) is 0. The number of aromatic nitrogens is 1. The van der Waals surface area contributed by atoms with E-state index < -0.39 is 6.29 Å². The molecule has 1 aliphatic heterocycles. The van der Waals surface area contributed by atoms with Gasteiger partial charge in [-0.3, -0.25) is 0 Å². The average Bonchev–Trinajstić information content (AvgIpc) is 3.12. The van der Waals surface area contributed by atoms with E-state index in [4.69, 9.17) is 14.5 Å². The summed E-state index contributed by atoms with van der Waals surface area (Å²) in [5.74, 6) is 0. The first-order valence-corrected chi connectivity index (χ1v) is 10.4. The van der Waals surface area contributed by atoms with Gasteiger partial charge in [0.2, 0.25) is 6.29 Å². The molecule has 2 heterocycles. The summed E-state index contributed by atoms with van der Waals surface area (Å²) in [6, 6.07) is 25.2. The first-order valence-electron chi connectivity index (χ1n) is 9.64. The van der Waals surface area contributed by atoms with E-state index in [1.54, 1.807) is 0 Å². The van der Waals surface area contributed by atoms with Gasteiger partial charge < -0.3 is 9.47 Å². The van der Waals surface area contributed by atoms with E-state index in [1.807, 2.05) is 18.2 Å². The Balaban J connectivity index is 1.37. The average molecular weight is 446 g/mol. The van der Waals surface area contributed by atoms with Crippen LogP contribution in [-0.2, 0) is 22.7 Å². The highest BCUT2D eigenvalue weighted by Gasteiger charge is 2.26. The molecule has 0 saturated heterocycles. The van der Waals surface area contributed by atoms with Crippen molar-refractivity contribution in [1.82, 2.24) is 4.98 Å². The summed E-state index contributed by atoms with van der Waals surface area (Å²) < 4.78 is 13.1. The van der Waals surface area contributed by atoms with Crippen LogP contribution in [0.15, 0.2) is 77.3 Å². The monoisotopic (exact) mass is 445 g/mol. The maximum atomic E-state index is 6.14. The number of pyridine rings is 1. The second-order valence-corrected chi connectivity index (χ2v) is 8.31. The molecule has 3 nitrogen and oxygen atoms in total. The summed E-state index contributed by atoms with van der Waals surface area (Å²) in [6.45, 7) is 3.13. The lowest BCUT2D eigenvalue weighted by atomic mass is 10.0. The molecule has 0 bridgehead atoms. The Bertz CT molecular complexity index is 1190. The zero-order chi connectivity index (χ0) is 19.8. The van der Waals surface area contributed by atoms with Crippen LogP contribution in [0, 0.1) is 6.92 Å². The van der Waals surface area contributed by atoms with Crippen LogP contribution in [0.1, 0.15) is 28.7 Å². The predicted octanol–water partition coefficient (Wildman–Crippen LogP) is 6.72. The van der Waals surface area contributed by atoms with Gasteiger partial charge in [0.1, 0.15) is 5.69 Å². The van der Waals surface area contributed by atoms with E-state index in [9.17, 15) is 0 Å². The number of nitrogens with zero attached hydrogens (tertiary/aromatic N) is 1. The molecule has 3 aromatic carbocycles. The lowest BCUT2D eigenvalue weighted by Gasteiger charge is -2.14. The smallest absolute Gasteiger partial charge is 0.202 e. The van der Waals surface area contributed by atoms with Crippen molar-refractivity contribution in [3.63, 3.8) is 0 Å². The van der Waals surface area contributed by atoms with Gasteiger partial charge in [-0.25, -0.2) is 4.98 Å². The van der Waals surface area contributed by atoms with Gasteiger partial charge in [0, 0.05) is 15.4 Å². The highest BCUT2D eigenvalue weighted by molar-refractivity contribution is 9.10. The molecule has 144 valence electrons. The molecule has 5 rings (SSSR count). The Labute approximate surface area is 178 Å². The molecule has 0 saturated carbocycles. The predicted molar refractivity (Wildman–Crippen MR) is 118 cm³/mol. The third-order valence-corrected chi connectivity index (χ3v) is 5.69. The highest BCUT2D eigenvalue weighted by atomic mass is 79.9. The minimum absolute atomic E-state index is 0.425. The van der Waals surface area contributed by atoms with E-state index in [-0.39, 0.29) is 0 Å². The van der Waals surface area contributed by atoms with E-state index >= 15 is 0 Å². The molecule has 0 fully saturated rings. The van der Waals surface area contributed by atoms with Gasteiger partial charge in [0.05, 0.1) is 18.7 Å². The molecule has 29 heavy (non-hydrogen) atoms. The molecule has 0 aliphatic carbocycles. The highest BCUT2D eigenvalue weighted by Crippen LogP contribution is 2.33. The van der Waals surface area contributed by atoms with Crippen molar-refractivity contribution < 1.29 is 9.47 Å². The number of aryl methyl sites for hydroxylation is 1. The standard InChI is InChI=1S/C25H20BrNO2/c1-16-10-17(12-20(11-16)18-6-8-22(26)9-7-18)14-28-25-24-21(15-29-25)13-19-4-2-3-5-23(19)27-24/h2-13,25H,14-15H2,1H3. The molecule has 0 amide bonds. The molecule has 1 atom stereocenters. The summed E-state index contributed by atoms with van der Waals surface area (Å²) in [5, 5.41) is 1.13. The summed E-state index contributed by atoms with van der Waals surface area (Å²) in [6.07, 6.45) is -0.425. The van der Waals surface area contributed by atoms with E-state index in [0.717, 1.165) is 32.2 Å². The van der Waals surface area contributed by atoms with E-state index in [2.05, 4.69) is 77.5 Å². The summed E-state index contributed by atoms with van der Waals surface area (Å²) in [7, 11) is 0. The number of hydrogen-bond acceptors (Lipinski definition) is 3. The van der Waals surface area contributed by atoms with Crippen LogP contribution >= 0.6 is 15.9 Å². The van der Waals surface area contributed by atoms with Crippen LogP contribution in [0.25, 0.3) is 22.0 Å². The summed E-state index contributed by atoms with van der Waals surface area (Å²) in [5.41, 5.74) is 7.68. The van der Waals surface area contributed by atoms with E-state index in [1.165, 1.54) is 16.7 Å². The Hall–Kier alpha value is -2.53. The zero-order valence-corrected chi connectivity index (χ0v) is 17.6. The van der Waals surface area contributed by atoms with Crippen molar-refractivity contribution in [2.75, 3.05) is 0 Å². The van der Waals surface area contributed by atoms with Crippen LogP contribution in [0.2, 0.25) is 0 Å². The first kappa shape index (κ1) is 18.5. The van der Waals surface area contributed by atoms with Gasteiger partial charge in [-0.15, -0.1) is 0 Å². The largest absolute Gasteiger partial charge is 0.342 e. The van der Waals surface area contributed by atoms with Crippen molar-refractivity contribution in [3.05, 3.63) is 99.7 Å². The van der Waals surface area contributed by atoms with Gasteiger partial charge >= 0.3 is 0 Å². The first-order chi connectivity index (χ1) is 14.2. The number of halogens is 1. The molecule has 1 unspecified atom stereocenters. The van der Waals surface area contributed by atoms with Crippen LogP contribution in [0.4, 0.5) is 0 Å². The quantitative estimate of drug-likeness (QED) is 0.349. The fraction of sp³-hybridized carbons (Fsp3) is 0.160. The molecule has 0 N–H and O–H groups in total. The van der Waals surface area contributed by atoms with E-state index in [0.29, 0.717) is 13.2 Å². The molecule has 1 aliphatic rings. The van der Waals surface area contributed by atoms with Crippen molar-refractivity contribution in [2.24, 2.45) is 0 Å². The van der Waals surface area contributed by atoms with Gasteiger partial charge in [-0.05, 0) is 53.9 Å². The summed E-state index contributed by atoms with van der Waals surface area (Å²) in [4.78, 5) is 4.79. The van der Waals surface area contributed by atoms with Crippen LogP contribution in [0.5, 0.6) is 0 Å². The molecule has 0 spiro atoms. The Morgan fingerprint density at radius 1 is 1.00 bits per heavy atom. The summed E-state index contributed by atoms with van der Waals surface area (Å²) >= 11 is 3.50. The Kier molecular flexibility index (Phi) is 4.92. The van der Waals surface area contributed by atoms with Crippen LogP contribution in [0.3, 0.4) is 0 Å². The molecule has 0 radical (unpaired) electrons. The minimum Gasteiger partial charge on any atom is -0.342 e. The number of para-hydroxylation sites is 1. The Morgan fingerprint density at radius 3 is 2.69 bits per heavy atom. The fourth-order valence-electron chi connectivity index (χ4n) is 3.79. The third kappa shape index (κ3) is 3.84. The van der Waals surface area contributed by atoms with Gasteiger partial charge in [0.25, 0.3) is 0 Å². The van der Waals surface area contributed by atoms with Crippen LogP contribution < -0.4 is 0 Å². The maximum absolute atomic E-state index is 6.14. The third-order valence-electron chi connectivity index (χ3n) is 5.17. The lowest BCUT2D eigenvalue weighted by molar-refractivity contribution is -0.147. The maximum Gasteiger partial charge on any atom is 0.202 e. The van der Waals surface area contributed by atoms with Crippen molar-refractivity contribution in [1.29, 1.82) is 0 Å². The van der Waals surface area contributed by atoms with Crippen LogP contribution in [-0.4, -0.2) is 4.98 Å². The lowest BCUT2D eigenvalue weighted by Crippen LogP contribution is -2.05. The zero-order valence-electron chi connectivity index (χ0n) is 16.1. The molecular formula is C25H20BrNO2. The van der Waals surface area contributed by atoms with Gasteiger partial charge in [-0.1, -0.05) is 64.0 Å². The van der Waals surface area contributed by atoms with Crippen molar-refractivity contribution in [2.45, 2.75) is 26.4 Å². The number of rotatable bonds is 4. The normalized spacial score (nSPS) is 15.6. The second kappa shape index (κ2) is 7.71. The topological polar surface area (TPSA) is 31.4 Å². The second-order valence-electron chi connectivity index (χ2n) is 7.39. The molecule has 1 aromatic heterocycles. The fourth-order valence-corrected chi connectivity index (χ4v) is 4.06. The minimum atomic E-state index is -0.425. The molecular weight excluding hydrogens is 426 g/mol. The molecule has 4 aromatic rings.